The van der Waals surface area contributed by atoms with Gasteiger partial charge in [0.15, 0.2) is 11.2 Å². The van der Waals surface area contributed by atoms with Crippen molar-refractivity contribution < 1.29 is 0 Å². The van der Waals surface area contributed by atoms with Crippen LogP contribution >= 0.6 is 0 Å². The smallest absolute Gasteiger partial charge is 0.321 e. The normalized spacial score (nSPS) is 16.5. The molecule has 2 N–H and O–H groups in total. The van der Waals surface area contributed by atoms with Crippen LogP contribution in [-0.4, -0.2) is 26.1 Å². The van der Waals surface area contributed by atoms with E-state index in [9.17, 15) is 9.59 Å². The third-order valence-electron chi connectivity index (χ3n) is 4.50. The predicted octanol–water partition coefficient (Wildman–Crippen LogP) is 1.13. The van der Waals surface area contributed by atoms with Gasteiger partial charge in [-0.3, -0.25) is 14.3 Å². The number of H-pyrrole nitrogens is 1. The maximum absolute atomic E-state index is 12.4. The van der Waals surface area contributed by atoms with Gasteiger partial charge in [-0.2, -0.15) is 0 Å². The standard InChI is InChI=1S/C15H23N5O2/c1-3-19-11(9-16-2)17-13-12(19)14(21)18-15(22)20(13)10-7-5-4-6-8-10/h10,16H,3-9H2,1-2H3,(H,18,21,22). The molecule has 0 unspecified atom stereocenters. The van der Waals surface area contributed by atoms with Gasteiger partial charge in [-0.15, -0.1) is 0 Å². The van der Waals surface area contributed by atoms with E-state index >= 15 is 0 Å². The molecule has 1 aliphatic carbocycles. The van der Waals surface area contributed by atoms with Crippen LogP contribution in [0.2, 0.25) is 0 Å². The summed E-state index contributed by atoms with van der Waals surface area (Å²) >= 11 is 0. The summed E-state index contributed by atoms with van der Waals surface area (Å²) in [6.45, 7) is 3.20. The molecular formula is C15H23N5O2. The molecule has 0 amide bonds. The van der Waals surface area contributed by atoms with Crippen LogP contribution in [0.3, 0.4) is 0 Å². The largest absolute Gasteiger partial charge is 0.330 e. The third-order valence-corrected chi connectivity index (χ3v) is 4.50. The fourth-order valence-electron chi connectivity index (χ4n) is 3.50. The van der Waals surface area contributed by atoms with Gasteiger partial charge in [0, 0.05) is 12.6 Å². The van der Waals surface area contributed by atoms with Crippen molar-refractivity contribution in [2.45, 2.75) is 58.2 Å². The van der Waals surface area contributed by atoms with E-state index in [4.69, 9.17) is 0 Å². The molecule has 0 bridgehead atoms. The van der Waals surface area contributed by atoms with Crippen molar-refractivity contribution in [3.05, 3.63) is 26.7 Å². The summed E-state index contributed by atoms with van der Waals surface area (Å²) in [5.41, 5.74) is 0.371. The summed E-state index contributed by atoms with van der Waals surface area (Å²) in [6.07, 6.45) is 5.40. The first-order chi connectivity index (χ1) is 10.7. The zero-order chi connectivity index (χ0) is 15.7. The minimum Gasteiger partial charge on any atom is -0.321 e. The number of aryl methyl sites for hydroxylation is 1. The van der Waals surface area contributed by atoms with E-state index in [-0.39, 0.29) is 17.3 Å². The van der Waals surface area contributed by atoms with Crippen molar-refractivity contribution in [3.8, 4) is 0 Å². The topological polar surface area (TPSA) is 84.7 Å². The number of imidazole rings is 1. The highest BCUT2D eigenvalue weighted by Gasteiger charge is 2.23. The molecule has 1 saturated carbocycles. The van der Waals surface area contributed by atoms with Crippen LogP contribution in [-0.2, 0) is 13.1 Å². The summed E-state index contributed by atoms with van der Waals surface area (Å²) in [7, 11) is 1.85. The Hall–Kier alpha value is -1.89. The van der Waals surface area contributed by atoms with Crippen LogP contribution in [0.5, 0.6) is 0 Å². The number of aromatic nitrogens is 4. The number of hydrogen-bond donors (Lipinski definition) is 2. The highest BCUT2D eigenvalue weighted by Crippen LogP contribution is 2.28. The van der Waals surface area contributed by atoms with Crippen LogP contribution in [0, 0.1) is 0 Å². The summed E-state index contributed by atoms with van der Waals surface area (Å²) in [5.74, 6) is 0.792. The lowest BCUT2D eigenvalue weighted by molar-refractivity contribution is 0.349. The molecule has 0 radical (unpaired) electrons. The van der Waals surface area contributed by atoms with Crippen LogP contribution in [0.4, 0.5) is 0 Å². The van der Waals surface area contributed by atoms with Crippen LogP contribution in [0.25, 0.3) is 11.2 Å². The molecule has 22 heavy (non-hydrogen) atoms. The number of nitrogens with one attached hydrogen (secondary N) is 2. The maximum atomic E-state index is 12.4. The van der Waals surface area contributed by atoms with Gasteiger partial charge < -0.3 is 9.88 Å². The van der Waals surface area contributed by atoms with Gasteiger partial charge in [0.1, 0.15) is 5.82 Å². The molecular weight excluding hydrogens is 282 g/mol. The van der Waals surface area contributed by atoms with Gasteiger partial charge in [0.05, 0.1) is 6.54 Å². The second kappa shape index (κ2) is 6.08. The van der Waals surface area contributed by atoms with E-state index in [2.05, 4.69) is 15.3 Å². The molecule has 0 saturated heterocycles. The van der Waals surface area contributed by atoms with Crippen LogP contribution < -0.4 is 16.6 Å². The molecule has 0 spiro atoms. The van der Waals surface area contributed by atoms with Crippen LogP contribution in [0.1, 0.15) is 50.9 Å². The van der Waals surface area contributed by atoms with E-state index in [1.807, 2.05) is 18.5 Å². The Kier molecular flexibility index (Phi) is 4.15. The lowest BCUT2D eigenvalue weighted by atomic mass is 9.95. The molecule has 2 aromatic rings. The Balaban J connectivity index is 2.27. The number of rotatable bonds is 4. The first kappa shape index (κ1) is 15.0. The Morgan fingerprint density at radius 3 is 2.64 bits per heavy atom. The molecule has 0 aliphatic heterocycles. The fourth-order valence-corrected chi connectivity index (χ4v) is 3.50. The molecule has 3 rings (SSSR count). The molecule has 1 aliphatic rings. The van der Waals surface area contributed by atoms with Crippen molar-refractivity contribution in [2.24, 2.45) is 0 Å². The van der Waals surface area contributed by atoms with Crippen molar-refractivity contribution in [2.75, 3.05) is 7.05 Å². The summed E-state index contributed by atoms with van der Waals surface area (Å²) < 4.78 is 3.60. The zero-order valence-electron chi connectivity index (χ0n) is 13.2. The van der Waals surface area contributed by atoms with E-state index in [1.54, 1.807) is 4.57 Å². The molecule has 0 aromatic carbocycles. The average Bonchev–Trinajstić information content (AvgIpc) is 2.87. The van der Waals surface area contributed by atoms with Gasteiger partial charge in [0.25, 0.3) is 5.56 Å². The Morgan fingerprint density at radius 2 is 2.00 bits per heavy atom. The predicted molar refractivity (Wildman–Crippen MR) is 85.2 cm³/mol. The van der Waals surface area contributed by atoms with Gasteiger partial charge in [0.2, 0.25) is 0 Å². The summed E-state index contributed by atoms with van der Waals surface area (Å²) in [6, 6.07) is 0.142. The van der Waals surface area contributed by atoms with E-state index in [0.717, 1.165) is 31.5 Å². The molecule has 7 nitrogen and oxygen atoms in total. The average molecular weight is 305 g/mol. The zero-order valence-corrected chi connectivity index (χ0v) is 13.2. The van der Waals surface area contributed by atoms with Crippen LogP contribution in [0.15, 0.2) is 9.59 Å². The number of fused-ring (bicyclic) bond motifs is 1. The molecule has 1 fully saturated rings. The second-order valence-corrected chi connectivity index (χ2v) is 5.90. The quantitative estimate of drug-likeness (QED) is 0.887. The van der Waals surface area contributed by atoms with Crippen molar-refractivity contribution >= 4 is 11.2 Å². The highest BCUT2D eigenvalue weighted by molar-refractivity contribution is 5.71. The number of nitrogens with zero attached hydrogens (tertiary/aromatic N) is 3. The van der Waals surface area contributed by atoms with Gasteiger partial charge in [-0.1, -0.05) is 19.3 Å². The monoisotopic (exact) mass is 305 g/mol. The molecule has 2 heterocycles. The lowest BCUT2D eigenvalue weighted by Gasteiger charge is -2.23. The lowest BCUT2D eigenvalue weighted by Crippen LogP contribution is -2.34. The summed E-state index contributed by atoms with van der Waals surface area (Å²) in [5, 5.41) is 3.07. The van der Waals surface area contributed by atoms with Crippen molar-refractivity contribution in [3.63, 3.8) is 0 Å². The minimum atomic E-state index is -0.344. The highest BCUT2D eigenvalue weighted by atomic mass is 16.2. The molecule has 7 heteroatoms. The molecule has 120 valence electrons. The minimum absolute atomic E-state index is 0.142. The second-order valence-electron chi connectivity index (χ2n) is 5.90. The van der Waals surface area contributed by atoms with Gasteiger partial charge in [-0.05, 0) is 26.8 Å². The number of hydrogen-bond acceptors (Lipinski definition) is 4. The van der Waals surface area contributed by atoms with E-state index in [0.29, 0.717) is 24.3 Å². The van der Waals surface area contributed by atoms with E-state index < -0.39 is 0 Å². The maximum Gasteiger partial charge on any atom is 0.330 e. The Bertz CT molecular complexity index is 780. The van der Waals surface area contributed by atoms with E-state index in [1.165, 1.54) is 6.42 Å². The Morgan fingerprint density at radius 1 is 1.27 bits per heavy atom. The fraction of sp³-hybridized carbons (Fsp3) is 0.667. The molecule has 2 aromatic heterocycles. The van der Waals surface area contributed by atoms with Crippen molar-refractivity contribution in [1.29, 1.82) is 0 Å². The van der Waals surface area contributed by atoms with Crippen molar-refractivity contribution in [1.82, 2.24) is 24.4 Å². The van der Waals surface area contributed by atoms with Gasteiger partial charge in [-0.25, -0.2) is 9.78 Å². The first-order valence-electron chi connectivity index (χ1n) is 8.06. The third kappa shape index (κ3) is 2.39. The molecule has 0 atom stereocenters. The summed E-state index contributed by atoms with van der Waals surface area (Å²) in [4.78, 5) is 31.7. The SMILES string of the molecule is CCn1c(CNC)nc2c1c(=O)[nH]c(=O)n2C1CCCCC1. The number of aromatic amines is 1. The van der Waals surface area contributed by atoms with Gasteiger partial charge >= 0.3 is 5.69 Å². The first-order valence-corrected chi connectivity index (χ1v) is 8.06. The Labute approximate surface area is 128 Å².